The molecule has 1 heterocycles. The van der Waals surface area contributed by atoms with E-state index in [0.29, 0.717) is 6.61 Å². The average Bonchev–Trinajstić information content (AvgIpc) is 2.22. The van der Waals surface area contributed by atoms with Gasteiger partial charge in [-0.1, -0.05) is 20.8 Å². The molecule has 1 rings (SSSR count). The smallest absolute Gasteiger partial charge is 0.408 e. The molecule has 0 spiro atoms. The van der Waals surface area contributed by atoms with Gasteiger partial charge in [0.05, 0.1) is 12.6 Å². The molecule has 1 amide bonds. The Morgan fingerprint density at radius 1 is 1.40 bits per heavy atom. The van der Waals surface area contributed by atoms with Crippen LogP contribution < -0.4 is 0 Å². The predicted octanol–water partition coefficient (Wildman–Crippen LogP) is 4.32. The van der Waals surface area contributed by atoms with Crippen LogP contribution in [0.25, 0.3) is 0 Å². The summed E-state index contributed by atoms with van der Waals surface area (Å²) in [4.78, 5) is 13.2. The van der Waals surface area contributed by atoms with Crippen LogP contribution in [0.4, 0.5) is 4.79 Å². The van der Waals surface area contributed by atoms with Gasteiger partial charge in [-0.3, -0.25) is 4.90 Å². The molecule has 1 saturated heterocycles. The molecule has 20 heavy (non-hydrogen) atoms. The van der Waals surface area contributed by atoms with E-state index in [1.165, 1.54) is 0 Å². The lowest BCUT2D eigenvalue weighted by Gasteiger charge is -2.47. The fourth-order valence-corrected chi connectivity index (χ4v) is 3.65. The minimum Gasteiger partial charge on any atom is -0.465 e. The minimum absolute atomic E-state index is 0.00891. The first-order chi connectivity index (χ1) is 8.88. The Balaban J connectivity index is 2.78. The van der Waals surface area contributed by atoms with E-state index in [0.717, 1.165) is 19.3 Å². The van der Waals surface area contributed by atoms with Gasteiger partial charge in [0, 0.05) is 5.54 Å². The molecule has 0 aromatic rings. The summed E-state index contributed by atoms with van der Waals surface area (Å²) in [5.74, 6) is 0. The zero-order chi connectivity index (χ0) is 15.8. The average molecular weight is 302 g/mol. The van der Waals surface area contributed by atoms with Gasteiger partial charge in [-0.2, -0.15) is 0 Å². The Bertz CT molecular complexity index is 361. The summed E-state index contributed by atoms with van der Waals surface area (Å²) in [6.07, 6.45) is 2.08. The summed E-state index contributed by atoms with van der Waals surface area (Å²) in [6, 6.07) is -0.00891. The lowest BCUT2D eigenvalue weighted by Crippen LogP contribution is -2.58. The Morgan fingerprint density at radius 2 is 1.95 bits per heavy atom. The molecule has 1 N–H and O–H groups in total. The first-order valence-electron chi connectivity index (χ1n) is 7.55. The number of amides is 1. The van der Waals surface area contributed by atoms with Gasteiger partial charge in [-0.25, -0.2) is 4.79 Å². The summed E-state index contributed by atoms with van der Waals surface area (Å²) in [7, 11) is -1.82. The van der Waals surface area contributed by atoms with Gasteiger partial charge in [0.2, 0.25) is 0 Å². The number of carbonyl (C=O) groups is 1. The van der Waals surface area contributed by atoms with Crippen LogP contribution in [0.1, 0.15) is 53.9 Å². The molecular formula is C15H31NO3Si. The molecule has 0 saturated carbocycles. The van der Waals surface area contributed by atoms with Crippen LogP contribution in [0.3, 0.4) is 0 Å². The van der Waals surface area contributed by atoms with E-state index in [2.05, 4.69) is 33.9 Å². The summed E-state index contributed by atoms with van der Waals surface area (Å²) in [6.45, 7) is 15.6. The molecule has 1 aliphatic rings. The van der Waals surface area contributed by atoms with Crippen LogP contribution in [-0.2, 0) is 4.43 Å². The fourth-order valence-electron chi connectivity index (χ4n) is 2.61. The van der Waals surface area contributed by atoms with Crippen molar-refractivity contribution >= 4 is 14.4 Å². The number of carboxylic acid groups (broad SMARTS) is 1. The van der Waals surface area contributed by atoms with E-state index in [1.54, 1.807) is 4.90 Å². The summed E-state index contributed by atoms with van der Waals surface area (Å²) in [5, 5.41) is 9.67. The van der Waals surface area contributed by atoms with Crippen LogP contribution in [0, 0.1) is 0 Å². The lowest BCUT2D eigenvalue weighted by atomic mass is 9.87. The van der Waals surface area contributed by atoms with E-state index in [9.17, 15) is 9.90 Å². The molecule has 1 atom stereocenters. The van der Waals surface area contributed by atoms with Crippen molar-refractivity contribution in [2.75, 3.05) is 6.61 Å². The normalized spacial score (nSPS) is 23.8. The molecule has 0 unspecified atom stereocenters. The van der Waals surface area contributed by atoms with Crippen LogP contribution >= 0.6 is 0 Å². The van der Waals surface area contributed by atoms with Gasteiger partial charge >= 0.3 is 6.09 Å². The highest BCUT2D eigenvalue weighted by molar-refractivity contribution is 6.74. The molecule has 0 aliphatic carbocycles. The maximum Gasteiger partial charge on any atom is 0.408 e. The van der Waals surface area contributed by atoms with Crippen molar-refractivity contribution in [2.45, 2.75) is 83.6 Å². The molecule has 5 heteroatoms. The Labute approximate surface area is 124 Å². The van der Waals surface area contributed by atoms with Crippen molar-refractivity contribution < 1.29 is 14.3 Å². The van der Waals surface area contributed by atoms with Crippen molar-refractivity contribution in [3.05, 3.63) is 0 Å². The molecule has 1 aliphatic heterocycles. The van der Waals surface area contributed by atoms with Gasteiger partial charge in [0.25, 0.3) is 0 Å². The van der Waals surface area contributed by atoms with Crippen molar-refractivity contribution in [2.24, 2.45) is 0 Å². The molecule has 0 bridgehead atoms. The van der Waals surface area contributed by atoms with E-state index < -0.39 is 14.4 Å². The highest BCUT2D eigenvalue weighted by atomic mass is 28.4. The standard InChI is InChI=1S/C15H31NO3Si/c1-14(2,3)20(6,7)19-11-12-9-8-10-15(4,5)16(12)13(17)18/h12H,8-11H2,1-7H3,(H,17,18)/t12-/m1/s1. The molecule has 0 radical (unpaired) electrons. The minimum atomic E-state index is -1.82. The number of piperidine rings is 1. The number of hydrogen-bond donors (Lipinski definition) is 1. The highest BCUT2D eigenvalue weighted by Gasteiger charge is 2.42. The van der Waals surface area contributed by atoms with Crippen molar-refractivity contribution in [1.29, 1.82) is 0 Å². The first kappa shape index (κ1) is 17.5. The molecule has 1 fully saturated rings. The van der Waals surface area contributed by atoms with E-state index in [-0.39, 0.29) is 16.6 Å². The second-order valence-corrected chi connectivity index (χ2v) is 12.9. The lowest BCUT2D eigenvalue weighted by molar-refractivity contribution is 0.0105. The second kappa shape index (κ2) is 5.68. The Morgan fingerprint density at radius 3 is 2.40 bits per heavy atom. The third-order valence-electron chi connectivity index (χ3n) is 4.99. The summed E-state index contributed by atoms with van der Waals surface area (Å²) in [5.41, 5.74) is -0.286. The third-order valence-corrected chi connectivity index (χ3v) is 9.49. The SMILES string of the molecule is CC1(C)CCC[C@H](CO[Si](C)(C)C(C)(C)C)N1C(=O)O. The first-order valence-corrected chi connectivity index (χ1v) is 10.5. The van der Waals surface area contributed by atoms with E-state index in [4.69, 9.17) is 4.43 Å². The van der Waals surface area contributed by atoms with Gasteiger partial charge in [0.1, 0.15) is 0 Å². The van der Waals surface area contributed by atoms with Gasteiger partial charge in [-0.05, 0) is 51.2 Å². The maximum absolute atomic E-state index is 11.6. The largest absolute Gasteiger partial charge is 0.465 e. The van der Waals surface area contributed by atoms with Crippen molar-refractivity contribution in [3.63, 3.8) is 0 Å². The molecule has 0 aromatic carbocycles. The predicted molar refractivity (Wildman–Crippen MR) is 84.7 cm³/mol. The van der Waals surface area contributed by atoms with E-state index >= 15 is 0 Å². The van der Waals surface area contributed by atoms with Crippen LogP contribution in [-0.4, -0.2) is 42.6 Å². The number of hydrogen-bond acceptors (Lipinski definition) is 2. The quantitative estimate of drug-likeness (QED) is 0.790. The van der Waals surface area contributed by atoms with Crippen LogP contribution in [0.15, 0.2) is 0 Å². The van der Waals surface area contributed by atoms with Crippen molar-refractivity contribution in [3.8, 4) is 0 Å². The van der Waals surface area contributed by atoms with E-state index in [1.807, 2.05) is 13.8 Å². The number of likely N-dealkylation sites (tertiary alicyclic amines) is 1. The van der Waals surface area contributed by atoms with Crippen LogP contribution in [0.5, 0.6) is 0 Å². The van der Waals surface area contributed by atoms with Crippen molar-refractivity contribution in [1.82, 2.24) is 4.90 Å². The highest BCUT2D eigenvalue weighted by Crippen LogP contribution is 2.38. The second-order valence-electron chi connectivity index (χ2n) is 8.08. The topological polar surface area (TPSA) is 49.8 Å². The number of rotatable bonds is 3. The monoisotopic (exact) mass is 301 g/mol. The fraction of sp³-hybridized carbons (Fsp3) is 0.933. The summed E-state index contributed by atoms with van der Waals surface area (Å²) >= 11 is 0. The molecule has 0 aromatic heterocycles. The molecule has 118 valence electrons. The van der Waals surface area contributed by atoms with Gasteiger partial charge < -0.3 is 9.53 Å². The maximum atomic E-state index is 11.6. The Kier molecular flexibility index (Phi) is 4.97. The van der Waals surface area contributed by atoms with Crippen LogP contribution in [0.2, 0.25) is 18.1 Å². The Hall–Kier alpha value is -0.553. The van der Waals surface area contributed by atoms with Gasteiger partial charge in [-0.15, -0.1) is 0 Å². The molecular weight excluding hydrogens is 270 g/mol. The zero-order valence-corrected chi connectivity index (χ0v) is 15.1. The summed E-state index contributed by atoms with van der Waals surface area (Å²) < 4.78 is 6.24. The zero-order valence-electron chi connectivity index (χ0n) is 14.1. The number of nitrogens with zero attached hydrogens (tertiary/aromatic N) is 1. The van der Waals surface area contributed by atoms with Gasteiger partial charge in [0.15, 0.2) is 8.32 Å². The third kappa shape index (κ3) is 3.76. The molecule has 4 nitrogen and oxygen atoms in total.